The van der Waals surface area contributed by atoms with Crippen molar-refractivity contribution in [1.29, 1.82) is 0 Å². The Balaban J connectivity index is 2.65. The van der Waals surface area contributed by atoms with Gasteiger partial charge in [0.05, 0.1) is 6.61 Å². The molecule has 6 heteroatoms. The summed E-state index contributed by atoms with van der Waals surface area (Å²) in [5.74, 6) is 1.35. The fourth-order valence-electron chi connectivity index (χ4n) is 2.08. The van der Waals surface area contributed by atoms with E-state index in [4.69, 9.17) is 4.74 Å². The zero-order valence-corrected chi connectivity index (χ0v) is 14.1. The van der Waals surface area contributed by atoms with E-state index in [9.17, 15) is 4.79 Å². The molecule has 0 aliphatic carbocycles. The summed E-state index contributed by atoms with van der Waals surface area (Å²) in [6.07, 6.45) is 2.11. The molecule has 0 aromatic carbocycles. The Hall–Kier alpha value is -1.30. The minimum absolute atomic E-state index is 0.0102. The molecule has 0 aromatic rings. The molecule has 0 bridgehead atoms. The van der Waals surface area contributed by atoms with Crippen LogP contribution >= 0.6 is 0 Å². The molecular weight excluding hydrogens is 268 g/mol. The van der Waals surface area contributed by atoms with Crippen LogP contribution in [0.25, 0.3) is 0 Å². The molecular formula is C15H30N4O2. The fourth-order valence-corrected chi connectivity index (χ4v) is 2.08. The third-order valence-corrected chi connectivity index (χ3v) is 3.77. The van der Waals surface area contributed by atoms with Crippen molar-refractivity contribution >= 4 is 11.9 Å². The van der Waals surface area contributed by atoms with Gasteiger partial charge in [0.1, 0.15) is 6.54 Å². The van der Waals surface area contributed by atoms with Crippen molar-refractivity contribution in [3.8, 4) is 0 Å². The average molecular weight is 298 g/mol. The molecule has 122 valence electrons. The number of carbonyl (C=O) groups excluding carboxylic acids is 1. The molecule has 1 heterocycles. The van der Waals surface area contributed by atoms with Gasteiger partial charge >= 0.3 is 0 Å². The lowest BCUT2D eigenvalue weighted by molar-refractivity contribution is -0.127. The number of aliphatic imine (C=N–C) groups is 1. The second-order valence-corrected chi connectivity index (χ2v) is 5.99. The van der Waals surface area contributed by atoms with Crippen LogP contribution in [0.1, 0.15) is 26.7 Å². The van der Waals surface area contributed by atoms with Crippen molar-refractivity contribution < 1.29 is 9.53 Å². The Kier molecular flexibility index (Phi) is 7.50. The van der Waals surface area contributed by atoms with Gasteiger partial charge in [-0.2, -0.15) is 0 Å². The van der Waals surface area contributed by atoms with Crippen molar-refractivity contribution in [2.24, 2.45) is 10.9 Å². The minimum atomic E-state index is 0.0102. The molecule has 0 spiro atoms. The van der Waals surface area contributed by atoms with Gasteiger partial charge in [-0.05, 0) is 19.8 Å². The normalized spacial score (nSPS) is 20.2. The van der Waals surface area contributed by atoms with Gasteiger partial charge < -0.3 is 19.9 Å². The first-order valence-electron chi connectivity index (χ1n) is 7.74. The quantitative estimate of drug-likeness (QED) is 0.582. The summed E-state index contributed by atoms with van der Waals surface area (Å²) in [7, 11) is 5.52. The van der Waals surface area contributed by atoms with Crippen molar-refractivity contribution in [2.45, 2.75) is 32.7 Å². The maximum atomic E-state index is 11.7. The smallest absolute Gasteiger partial charge is 0.243 e. The zero-order valence-electron chi connectivity index (χ0n) is 14.1. The first-order chi connectivity index (χ1) is 9.93. The van der Waals surface area contributed by atoms with Crippen LogP contribution < -0.4 is 5.32 Å². The van der Waals surface area contributed by atoms with Gasteiger partial charge in [0, 0.05) is 46.3 Å². The number of guanidine groups is 1. The molecule has 1 saturated heterocycles. The summed E-state index contributed by atoms with van der Waals surface area (Å²) >= 11 is 0. The first-order valence-corrected chi connectivity index (χ1v) is 7.74. The first kappa shape index (κ1) is 17.8. The Morgan fingerprint density at radius 2 is 2.14 bits per heavy atom. The zero-order chi connectivity index (χ0) is 15.8. The number of rotatable bonds is 6. The van der Waals surface area contributed by atoms with E-state index < -0.39 is 0 Å². The number of carbonyl (C=O) groups is 1. The van der Waals surface area contributed by atoms with Crippen LogP contribution in [0.2, 0.25) is 0 Å². The van der Waals surface area contributed by atoms with Gasteiger partial charge in [-0.3, -0.25) is 4.79 Å². The molecule has 6 nitrogen and oxygen atoms in total. The highest BCUT2D eigenvalue weighted by Gasteiger charge is 2.20. The summed E-state index contributed by atoms with van der Waals surface area (Å²) in [5.41, 5.74) is 0. The number of likely N-dealkylation sites (N-methyl/N-ethyl adjacent to an activating group) is 1. The summed E-state index contributed by atoms with van der Waals surface area (Å²) in [4.78, 5) is 19.9. The van der Waals surface area contributed by atoms with E-state index in [1.807, 2.05) is 7.05 Å². The highest BCUT2D eigenvalue weighted by molar-refractivity contribution is 5.84. The molecule has 2 unspecified atom stereocenters. The van der Waals surface area contributed by atoms with E-state index in [1.54, 1.807) is 19.0 Å². The number of hydrogen-bond donors (Lipinski definition) is 1. The van der Waals surface area contributed by atoms with Crippen molar-refractivity contribution in [1.82, 2.24) is 15.1 Å². The highest BCUT2D eigenvalue weighted by Crippen LogP contribution is 2.13. The largest absolute Gasteiger partial charge is 0.381 e. The second-order valence-electron chi connectivity index (χ2n) is 5.99. The molecule has 1 fully saturated rings. The second kappa shape index (κ2) is 8.87. The molecule has 0 saturated carbocycles. The average Bonchev–Trinajstić information content (AvgIpc) is 2.95. The fraction of sp³-hybridized carbons (Fsp3) is 0.867. The van der Waals surface area contributed by atoms with Gasteiger partial charge in [-0.15, -0.1) is 0 Å². The van der Waals surface area contributed by atoms with E-state index in [2.05, 4.69) is 29.1 Å². The number of amides is 1. The van der Waals surface area contributed by atoms with Crippen LogP contribution in [0.5, 0.6) is 0 Å². The van der Waals surface area contributed by atoms with Crippen LogP contribution in [-0.4, -0.2) is 75.2 Å². The van der Waals surface area contributed by atoms with E-state index in [-0.39, 0.29) is 12.5 Å². The van der Waals surface area contributed by atoms with Gasteiger partial charge in [0.15, 0.2) is 5.96 Å². The third-order valence-electron chi connectivity index (χ3n) is 3.77. The topological polar surface area (TPSA) is 57.2 Å². The lowest BCUT2D eigenvalue weighted by atomic mass is 10.1. The maximum absolute atomic E-state index is 11.7. The molecule has 1 rings (SSSR count). The summed E-state index contributed by atoms with van der Waals surface area (Å²) in [5, 5.41) is 3.40. The molecule has 1 aliphatic heterocycles. The lowest BCUT2D eigenvalue weighted by Gasteiger charge is -2.27. The SMILES string of the molecule is CCC(C)NC(=NCC(=O)N(C)C)N(C)CC1CCOC1. The van der Waals surface area contributed by atoms with Gasteiger partial charge in [-0.25, -0.2) is 4.99 Å². The molecule has 0 radical (unpaired) electrons. The summed E-state index contributed by atoms with van der Waals surface area (Å²) in [6, 6.07) is 0.334. The summed E-state index contributed by atoms with van der Waals surface area (Å²) in [6.45, 7) is 7.00. The van der Waals surface area contributed by atoms with Gasteiger partial charge in [0.25, 0.3) is 0 Å². The van der Waals surface area contributed by atoms with Gasteiger partial charge in [-0.1, -0.05) is 6.92 Å². The monoisotopic (exact) mass is 298 g/mol. The van der Waals surface area contributed by atoms with Crippen LogP contribution in [0.15, 0.2) is 4.99 Å². The minimum Gasteiger partial charge on any atom is -0.381 e. The Morgan fingerprint density at radius 1 is 1.43 bits per heavy atom. The molecule has 2 atom stereocenters. The number of hydrogen-bond acceptors (Lipinski definition) is 3. The standard InChI is InChI=1S/C15H30N4O2/c1-6-12(2)17-15(16-9-14(20)18(3)4)19(5)10-13-7-8-21-11-13/h12-13H,6-11H2,1-5H3,(H,16,17). The van der Waals surface area contributed by atoms with Crippen LogP contribution in [0, 0.1) is 5.92 Å². The van der Waals surface area contributed by atoms with E-state index in [1.165, 1.54) is 0 Å². The Morgan fingerprint density at radius 3 is 2.67 bits per heavy atom. The summed E-state index contributed by atoms with van der Waals surface area (Å²) < 4.78 is 5.42. The van der Waals surface area contributed by atoms with E-state index in [0.717, 1.165) is 38.6 Å². The van der Waals surface area contributed by atoms with Crippen LogP contribution in [-0.2, 0) is 9.53 Å². The van der Waals surface area contributed by atoms with Crippen LogP contribution in [0.3, 0.4) is 0 Å². The molecule has 0 aromatic heterocycles. The van der Waals surface area contributed by atoms with Crippen LogP contribution in [0.4, 0.5) is 0 Å². The molecule has 1 aliphatic rings. The predicted octanol–water partition coefficient (Wildman–Crippen LogP) is 0.787. The van der Waals surface area contributed by atoms with Crippen molar-refractivity contribution in [3.05, 3.63) is 0 Å². The van der Waals surface area contributed by atoms with Crippen molar-refractivity contribution in [3.63, 3.8) is 0 Å². The van der Waals surface area contributed by atoms with Crippen molar-refractivity contribution in [2.75, 3.05) is 47.4 Å². The third kappa shape index (κ3) is 6.33. The highest BCUT2D eigenvalue weighted by atomic mass is 16.5. The Labute approximate surface area is 128 Å². The Bertz CT molecular complexity index is 352. The predicted molar refractivity (Wildman–Crippen MR) is 85.4 cm³/mol. The molecule has 1 N–H and O–H groups in total. The molecule has 1 amide bonds. The number of nitrogens with one attached hydrogen (secondary N) is 1. The van der Waals surface area contributed by atoms with E-state index in [0.29, 0.717) is 12.0 Å². The van der Waals surface area contributed by atoms with Gasteiger partial charge in [0.2, 0.25) is 5.91 Å². The maximum Gasteiger partial charge on any atom is 0.243 e. The number of ether oxygens (including phenoxy) is 1. The van der Waals surface area contributed by atoms with E-state index >= 15 is 0 Å². The molecule has 21 heavy (non-hydrogen) atoms. The number of nitrogens with zero attached hydrogens (tertiary/aromatic N) is 3. The lowest BCUT2D eigenvalue weighted by Crippen LogP contribution is -2.45.